The van der Waals surface area contributed by atoms with E-state index in [2.05, 4.69) is 10.4 Å². The molecule has 2 saturated heterocycles. The fourth-order valence-electron chi connectivity index (χ4n) is 2.73. The number of carbonyl (C=O) groups excluding carboxylic acids is 1. The van der Waals surface area contributed by atoms with Crippen LogP contribution in [0.15, 0.2) is 12.4 Å². The molecule has 2 aliphatic heterocycles. The molecular formula is C11H16N4O. The molecule has 1 aromatic heterocycles. The van der Waals surface area contributed by atoms with E-state index >= 15 is 0 Å². The number of amides is 1. The maximum atomic E-state index is 12.1. The van der Waals surface area contributed by atoms with Crippen LogP contribution in [0.1, 0.15) is 16.8 Å². The number of likely N-dealkylation sites (tertiary alicyclic amines) is 1. The van der Waals surface area contributed by atoms with Gasteiger partial charge in [-0.1, -0.05) is 0 Å². The highest BCUT2D eigenvalue weighted by atomic mass is 16.2. The van der Waals surface area contributed by atoms with Gasteiger partial charge in [-0.3, -0.25) is 9.48 Å². The minimum absolute atomic E-state index is 0.115. The van der Waals surface area contributed by atoms with Crippen molar-refractivity contribution in [3.63, 3.8) is 0 Å². The zero-order valence-electron chi connectivity index (χ0n) is 9.39. The number of hydrogen-bond donors (Lipinski definition) is 1. The van der Waals surface area contributed by atoms with E-state index in [0.717, 1.165) is 19.6 Å². The average molecular weight is 220 g/mol. The predicted octanol–water partition coefficient (Wildman–Crippen LogP) is -0.146. The van der Waals surface area contributed by atoms with E-state index in [-0.39, 0.29) is 5.91 Å². The second-order valence-corrected chi connectivity index (χ2v) is 4.72. The van der Waals surface area contributed by atoms with Crippen LogP contribution in [-0.4, -0.2) is 46.3 Å². The molecule has 5 nitrogen and oxygen atoms in total. The fraction of sp³-hybridized carbons (Fsp3) is 0.636. The van der Waals surface area contributed by atoms with Crippen molar-refractivity contribution in [1.29, 1.82) is 0 Å². The zero-order valence-corrected chi connectivity index (χ0v) is 9.39. The topological polar surface area (TPSA) is 50.2 Å². The molecule has 0 saturated carbocycles. The van der Waals surface area contributed by atoms with Gasteiger partial charge in [0.1, 0.15) is 0 Å². The highest BCUT2D eigenvalue weighted by Crippen LogP contribution is 2.25. The summed E-state index contributed by atoms with van der Waals surface area (Å²) in [4.78, 5) is 14.1. The third kappa shape index (κ3) is 1.51. The first-order valence-electron chi connectivity index (χ1n) is 5.75. The van der Waals surface area contributed by atoms with E-state index in [1.165, 1.54) is 6.42 Å². The van der Waals surface area contributed by atoms with Crippen molar-refractivity contribution >= 4 is 5.91 Å². The number of hydrogen-bond acceptors (Lipinski definition) is 3. The third-order valence-electron chi connectivity index (χ3n) is 3.60. The van der Waals surface area contributed by atoms with Crippen LogP contribution in [0.4, 0.5) is 0 Å². The minimum Gasteiger partial charge on any atom is -0.337 e. The van der Waals surface area contributed by atoms with Crippen LogP contribution in [0.25, 0.3) is 0 Å². The van der Waals surface area contributed by atoms with Crippen LogP contribution in [0.5, 0.6) is 0 Å². The van der Waals surface area contributed by atoms with Gasteiger partial charge in [-0.05, 0) is 18.9 Å². The van der Waals surface area contributed by atoms with Gasteiger partial charge in [0.2, 0.25) is 0 Å². The molecule has 3 heterocycles. The van der Waals surface area contributed by atoms with Crippen molar-refractivity contribution < 1.29 is 4.79 Å². The lowest BCUT2D eigenvalue weighted by atomic mass is 10.1. The van der Waals surface area contributed by atoms with E-state index in [4.69, 9.17) is 0 Å². The first-order chi connectivity index (χ1) is 7.74. The van der Waals surface area contributed by atoms with Gasteiger partial charge >= 0.3 is 0 Å². The van der Waals surface area contributed by atoms with Crippen LogP contribution < -0.4 is 5.32 Å². The van der Waals surface area contributed by atoms with E-state index < -0.39 is 0 Å². The minimum atomic E-state index is 0.115. The number of aromatic nitrogens is 2. The van der Waals surface area contributed by atoms with Gasteiger partial charge in [0, 0.05) is 32.4 Å². The quantitative estimate of drug-likeness (QED) is 0.716. The van der Waals surface area contributed by atoms with Crippen LogP contribution in [-0.2, 0) is 7.05 Å². The van der Waals surface area contributed by atoms with E-state index in [1.54, 1.807) is 17.1 Å². The monoisotopic (exact) mass is 220 g/mol. The van der Waals surface area contributed by atoms with Crippen molar-refractivity contribution in [2.24, 2.45) is 13.0 Å². The Morgan fingerprint density at radius 1 is 1.56 bits per heavy atom. The van der Waals surface area contributed by atoms with Gasteiger partial charge in [-0.15, -0.1) is 0 Å². The molecule has 0 radical (unpaired) electrons. The van der Waals surface area contributed by atoms with Crippen LogP contribution in [0.2, 0.25) is 0 Å². The Hall–Kier alpha value is -1.36. The molecular weight excluding hydrogens is 204 g/mol. The molecule has 2 atom stereocenters. The number of nitrogens with zero attached hydrogens (tertiary/aromatic N) is 3. The van der Waals surface area contributed by atoms with Crippen molar-refractivity contribution in [2.45, 2.75) is 12.5 Å². The van der Waals surface area contributed by atoms with Gasteiger partial charge in [0.15, 0.2) is 0 Å². The number of carbonyl (C=O) groups is 1. The summed E-state index contributed by atoms with van der Waals surface area (Å²) >= 11 is 0. The van der Waals surface area contributed by atoms with E-state index in [9.17, 15) is 4.79 Å². The summed E-state index contributed by atoms with van der Waals surface area (Å²) in [5.41, 5.74) is 0.697. The zero-order chi connectivity index (χ0) is 11.1. The maximum Gasteiger partial charge on any atom is 0.257 e. The molecule has 3 rings (SSSR count). The summed E-state index contributed by atoms with van der Waals surface area (Å²) in [6.07, 6.45) is 4.62. The highest BCUT2D eigenvalue weighted by molar-refractivity contribution is 5.94. The molecule has 86 valence electrons. The lowest BCUT2D eigenvalue weighted by molar-refractivity contribution is 0.0782. The summed E-state index contributed by atoms with van der Waals surface area (Å²) < 4.78 is 1.67. The predicted molar refractivity (Wildman–Crippen MR) is 59.0 cm³/mol. The third-order valence-corrected chi connectivity index (χ3v) is 3.60. The normalized spacial score (nSPS) is 28.4. The van der Waals surface area contributed by atoms with Crippen molar-refractivity contribution in [3.8, 4) is 0 Å². The average Bonchev–Trinajstić information content (AvgIpc) is 2.89. The van der Waals surface area contributed by atoms with Crippen LogP contribution in [0.3, 0.4) is 0 Å². The Bertz CT molecular complexity index is 402. The molecule has 1 amide bonds. The first kappa shape index (κ1) is 9.84. The molecule has 2 aliphatic rings. The Balaban J connectivity index is 1.73. The second kappa shape index (κ2) is 3.59. The Morgan fingerprint density at radius 2 is 2.44 bits per heavy atom. The Morgan fingerprint density at radius 3 is 3.12 bits per heavy atom. The van der Waals surface area contributed by atoms with E-state index in [1.807, 2.05) is 11.9 Å². The molecule has 0 aromatic carbocycles. The van der Waals surface area contributed by atoms with Crippen molar-refractivity contribution in [2.75, 3.05) is 19.6 Å². The first-order valence-corrected chi connectivity index (χ1v) is 5.75. The van der Waals surface area contributed by atoms with Crippen molar-refractivity contribution in [1.82, 2.24) is 20.0 Å². The van der Waals surface area contributed by atoms with Gasteiger partial charge < -0.3 is 10.2 Å². The summed E-state index contributed by atoms with van der Waals surface area (Å²) in [5, 5.41) is 7.48. The highest BCUT2D eigenvalue weighted by Gasteiger charge is 2.38. The molecule has 16 heavy (non-hydrogen) atoms. The smallest absolute Gasteiger partial charge is 0.257 e. The molecule has 0 spiro atoms. The van der Waals surface area contributed by atoms with Gasteiger partial charge in [0.05, 0.1) is 11.8 Å². The summed E-state index contributed by atoms with van der Waals surface area (Å²) in [5.74, 6) is 0.768. The number of fused-ring (bicyclic) bond motifs is 1. The lowest BCUT2D eigenvalue weighted by Crippen LogP contribution is -2.33. The Kier molecular flexibility index (Phi) is 2.21. The lowest BCUT2D eigenvalue weighted by Gasteiger charge is -2.16. The number of rotatable bonds is 1. The summed E-state index contributed by atoms with van der Waals surface area (Å²) in [6, 6.07) is 0.514. The molecule has 5 heteroatoms. The SMILES string of the molecule is Cn1cc(C(=O)N2C[C@H]3CCN[C@@H]3C2)cn1. The molecule has 0 bridgehead atoms. The molecule has 0 aliphatic carbocycles. The standard InChI is InChI=1S/C11H16N4O/c1-14-5-9(4-13-14)11(16)15-6-8-2-3-12-10(8)7-15/h4-5,8,10,12H,2-3,6-7H2,1H3/t8-,10-/m1/s1. The second-order valence-electron chi connectivity index (χ2n) is 4.72. The molecule has 1 aromatic rings. The number of nitrogens with one attached hydrogen (secondary N) is 1. The van der Waals surface area contributed by atoms with E-state index in [0.29, 0.717) is 17.5 Å². The van der Waals surface area contributed by atoms with Gasteiger partial charge in [-0.25, -0.2) is 0 Å². The van der Waals surface area contributed by atoms with Crippen LogP contribution in [0, 0.1) is 5.92 Å². The van der Waals surface area contributed by atoms with Crippen LogP contribution >= 0.6 is 0 Å². The molecule has 1 N–H and O–H groups in total. The molecule has 0 unspecified atom stereocenters. The summed E-state index contributed by atoms with van der Waals surface area (Å²) in [6.45, 7) is 2.84. The van der Waals surface area contributed by atoms with Gasteiger partial charge in [0.25, 0.3) is 5.91 Å². The van der Waals surface area contributed by atoms with Crippen molar-refractivity contribution in [3.05, 3.63) is 18.0 Å². The fourth-order valence-corrected chi connectivity index (χ4v) is 2.73. The summed E-state index contributed by atoms with van der Waals surface area (Å²) in [7, 11) is 1.83. The maximum absolute atomic E-state index is 12.1. The Labute approximate surface area is 94.4 Å². The van der Waals surface area contributed by atoms with Gasteiger partial charge in [-0.2, -0.15) is 5.10 Å². The number of aryl methyl sites for hydroxylation is 1. The molecule has 2 fully saturated rings. The largest absolute Gasteiger partial charge is 0.337 e.